The molecule has 3 heterocycles. The van der Waals surface area contributed by atoms with E-state index in [1.165, 1.54) is 31.3 Å². The molecule has 2 N–H and O–H groups in total. The summed E-state index contributed by atoms with van der Waals surface area (Å²) in [4.78, 5) is 14.6. The van der Waals surface area contributed by atoms with Gasteiger partial charge in [-0.15, -0.1) is 0 Å². The van der Waals surface area contributed by atoms with Crippen LogP contribution in [0.25, 0.3) is 11.5 Å². The van der Waals surface area contributed by atoms with Crippen LogP contribution < -0.4 is 4.72 Å². The van der Waals surface area contributed by atoms with Gasteiger partial charge < -0.3 is 9.32 Å². The van der Waals surface area contributed by atoms with E-state index < -0.39 is 15.8 Å². The van der Waals surface area contributed by atoms with Crippen molar-refractivity contribution in [3.05, 3.63) is 53.7 Å². The van der Waals surface area contributed by atoms with Gasteiger partial charge in [0.1, 0.15) is 22.2 Å². The maximum atomic E-state index is 13.1. The zero-order valence-corrected chi connectivity index (χ0v) is 17.1. The highest BCUT2D eigenvalue weighted by Crippen LogP contribution is 2.31. The summed E-state index contributed by atoms with van der Waals surface area (Å²) < 4.78 is 46.7. The minimum absolute atomic E-state index is 0.0761. The number of sulfonamides is 1. The van der Waals surface area contributed by atoms with E-state index >= 15 is 0 Å². The number of aryl methyl sites for hydroxylation is 1. The number of likely N-dealkylation sites (tertiary alicyclic amines) is 1. The highest BCUT2D eigenvalue weighted by molar-refractivity contribution is 7.92. The lowest BCUT2D eigenvalue weighted by Gasteiger charge is -2.26. The van der Waals surface area contributed by atoms with E-state index in [2.05, 4.69) is 14.9 Å². The molecule has 0 unspecified atom stereocenters. The Morgan fingerprint density at radius 3 is 2.60 bits per heavy atom. The molecule has 10 heteroatoms. The van der Waals surface area contributed by atoms with Crippen LogP contribution in [0, 0.1) is 12.7 Å². The van der Waals surface area contributed by atoms with Crippen LogP contribution in [0.5, 0.6) is 0 Å². The number of carbonyl (C=O) groups is 1. The number of hydrogen-bond donors (Lipinski definition) is 2. The molecule has 0 bridgehead atoms. The summed E-state index contributed by atoms with van der Waals surface area (Å²) in [6.07, 6.45) is 4.43. The molecule has 0 radical (unpaired) electrons. The molecule has 1 aliphatic rings. The first-order chi connectivity index (χ1) is 14.3. The quantitative estimate of drug-likeness (QED) is 0.641. The molecular formula is C20H21FN4O4S. The molecule has 3 aromatic rings. The molecule has 8 nitrogen and oxygen atoms in total. The maximum Gasteiger partial charge on any atom is 0.265 e. The average molecular weight is 432 g/mol. The number of nitrogens with zero attached hydrogens (tertiary/aromatic N) is 2. The number of piperidine rings is 1. The smallest absolute Gasteiger partial charge is 0.265 e. The maximum absolute atomic E-state index is 13.1. The number of rotatable bonds is 5. The largest absolute Gasteiger partial charge is 0.458 e. The molecule has 4 rings (SSSR count). The Labute approximate surface area is 173 Å². The Morgan fingerprint density at radius 2 is 1.90 bits per heavy atom. The van der Waals surface area contributed by atoms with E-state index in [-0.39, 0.29) is 28.0 Å². The molecule has 1 saturated heterocycles. The van der Waals surface area contributed by atoms with Gasteiger partial charge in [-0.1, -0.05) is 0 Å². The van der Waals surface area contributed by atoms with Gasteiger partial charge in [-0.3, -0.25) is 14.6 Å². The lowest BCUT2D eigenvalue weighted by atomic mass is 10.1. The number of aromatic nitrogens is 2. The second-order valence-electron chi connectivity index (χ2n) is 7.16. The van der Waals surface area contributed by atoms with Gasteiger partial charge in [0.15, 0.2) is 5.76 Å². The van der Waals surface area contributed by atoms with Crippen molar-refractivity contribution in [3.63, 3.8) is 0 Å². The van der Waals surface area contributed by atoms with Gasteiger partial charge in [-0.2, -0.15) is 5.10 Å². The van der Waals surface area contributed by atoms with Crippen molar-refractivity contribution in [1.82, 2.24) is 15.1 Å². The molecule has 30 heavy (non-hydrogen) atoms. The summed E-state index contributed by atoms with van der Waals surface area (Å²) in [6, 6.07) is 6.33. The molecule has 1 aliphatic heterocycles. The van der Waals surface area contributed by atoms with Crippen molar-refractivity contribution in [2.45, 2.75) is 31.1 Å². The van der Waals surface area contributed by atoms with Crippen molar-refractivity contribution in [1.29, 1.82) is 0 Å². The SMILES string of the molecule is Cc1oc(-c2[nH]ncc2C(=O)N2CCCCC2)cc1S(=O)(=O)Nc1ccc(F)cc1. The fourth-order valence-electron chi connectivity index (χ4n) is 3.49. The Kier molecular flexibility index (Phi) is 5.33. The van der Waals surface area contributed by atoms with Crippen LogP contribution in [0.3, 0.4) is 0 Å². The summed E-state index contributed by atoms with van der Waals surface area (Å²) in [5.41, 5.74) is 0.888. The number of nitrogens with one attached hydrogen (secondary N) is 2. The van der Waals surface area contributed by atoms with E-state index in [1.54, 1.807) is 4.90 Å². The van der Waals surface area contributed by atoms with Crippen LogP contribution >= 0.6 is 0 Å². The molecule has 0 aliphatic carbocycles. The van der Waals surface area contributed by atoms with E-state index in [0.717, 1.165) is 31.4 Å². The highest BCUT2D eigenvalue weighted by atomic mass is 32.2. The standard InChI is InChI=1S/C20H21FN4O4S/c1-13-18(30(27,28)24-15-7-5-14(21)6-8-15)11-17(29-13)19-16(12-22-23-19)20(26)25-9-3-2-4-10-25/h5-8,11-12,24H,2-4,9-10H2,1H3,(H,22,23). The molecule has 0 saturated carbocycles. The predicted molar refractivity (Wildman–Crippen MR) is 108 cm³/mol. The third kappa shape index (κ3) is 3.95. The number of anilines is 1. The molecule has 1 amide bonds. The fraction of sp³-hybridized carbons (Fsp3) is 0.300. The van der Waals surface area contributed by atoms with Gasteiger partial charge in [0.25, 0.3) is 15.9 Å². The lowest BCUT2D eigenvalue weighted by Crippen LogP contribution is -2.35. The first-order valence-corrected chi connectivity index (χ1v) is 11.1. The van der Waals surface area contributed by atoms with Gasteiger partial charge in [-0.05, 0) is 50.5 Å². The summed E-state index contributed by atoms with van der Waals surface area (Å²) in [7, 11) is -3.98. The van der Waals surface area contributed by atoms with E-state index in [0.29, 0.717) is 24.3 Å². The number of H-pyrrole nitrogens is 1. The van der Waals surface area contributed by atoms with Crippen molar-refractivity contribution < 1.29 is 22.0 Å². The van der Waals surface area contributed by atoms with Gasteiger partial charge in [-0.25, -0.2) is 12.8 Å². The third-order valence-electron chi connectivity index (χ3n) is 5.02. The van der Waals surface area contributed by atoms with Crippen molar-refractivity contribution in [3.8, 4) is 11.5 Å². The number of amides is 1. The minimum atomic E-state index is -3.98. The second-order valence-corrected chi connectivity index (χ2v) is 8.81. The summed E-state index contributed by atoms with van der Waals surface area (Å²) in [5, 5.41) is 6.70. The number of benzene rings is 1. The molecule has 1 fully saturated rings. The van der Waals surface area contributed by atoms with Crippen LogP contribution in [0.1, 0.15) is 35.4 Å². The first kappa shape index (κ1) is 20.1. The number of aromatic amines is 1. The normalized spacial score (nSPS) is 14.7. The number of hydrogen-bond acceptors (Lipinski definition) is 5. The van der Waals surface area contributed by atoms with Crippen LogP contribution in [0.4, 0.5) is 10.1 Å². The summed E-state index contributed by atoms with van der Waals surface area (Å²) in [5.74, 6) is -0.276. The van der Waals surface area contributed by atoms with Crippen LogP contribution in [-0.4, -0.2) is 42.5 Å². The lowest BCUT2D eigenvalue weighted by molar-refractivity contribution is 0.0725. The van der Waals surface area contributed by atoms with Gasteiger partial charge in [0.05, 0.1) is 11.8 Å². The zero-order valence-electron chi connectivity index (χ0n) is 16.3. The summed E-state index contributed by atoms with van der Waals surface area (Å²) >= 11 is 0. The highest BCUT2D eigenvalue weighted by Gasteiger charge is 2.27. The number of halogens is 1. The summed E-state index contributed by atoms with van der Waals surface area (Å²) in [6.45, 7) is 2.88. The van der Waals surface area contributed by atoms with Crippen molar-refractivity contribution in [2.75, 3.05) is 17.8 Å². The van der Waals surface area contributed by atoms with Gasteiger partial charge >= 0.3 is 0 Å². The van der Waals surface area contributed by atoms with Crippen molar-refractivity contribution in [2.24, 2.45) is 0 Å². The van der Waals surface area contributed by atoms with Crippen LogP contribution in [0.2, 0.25) is 0 Å². The third-order valence-corrected chi connectivity index (χ3v) is 6.51. The minimum Gasteiger partial charge on any atom is -0.458 e. The molecule has 0 atom stereocenters. The molecule has 1 aromatic carbocycles. The molecule has 0 spiro atoms. The molecule has 2 aromatic heterocycles. The monoisotopic (exact) mass is 432 g/mol. The molecular weight excluding hydrogens is 411 g/mol. The fourth-order valence-corrected chi connectivity index (χ4v) is 4.73. The van der Waals surface area contributed by atoms with E-state index in [4.69, 9.17) is 4.42 Å². The Morgan fingerprint density at radius 1 is 1.20 bits per heavy atom. The Hall–Kier alpha value is -3.14. The Balaban J connectivity index is 1.62. The number of carbonyl (C=O) groups excluding carboxylic acids is 1. The van der Waals surface area contributed by atoms with E-state index in [9.17, 15) is 17.6 Å². The van der Waals surface area contributed by atoms with E-state index in [1.807, 2.05) is 0 Å². The van der Waals surface area contributed by atoms with Crippen molar-refractivity contribution >= 4 is 21.6 Å². The second kappa shape index (κ2) is 7.94. The zero-order chi connectivity index (χ0) is 21.3. The van der Waals surface area contributed by atoms with Crippen LogP contribution in [-0.2, 0) is 10.0 Å². The molecule has 158 valence electrons. The first-order valence-electron chi connectivity index (χ1n) is 9.57. The average Bonchev–Trinajstić information content (AvgIpc) is 3.36. The topological polar surface area (TPSA) is 108 Å². The predicted octanol–water partition coefficient (Wildman–Crippen LogP) is 3.54. The van der Waals surface area contributed by atoms with Crippen LogP contribution in [0.15, 0.2) is 45.8 Å². The van der Waals surface area contributed by atoms with Gasteiger partial charge in [0, 0.05) is 24.8 Å². The van der Waals surface area contributed by atoms with Gasteiger partial charge in [0.2, 0.25) is 0 Å². The number of furan rings is 1. The Bertz CT molecular complexity index is 1160.